The highest BCUT2D eigenvalue weighted by Crippen LogP contribution is 2.21. The quantitative estimate of drug-likeness (QED) is 0.657. The van der Waals surface area contributed by atoms with Crippen molar-refractivity contribution in [1.29, 1.82) is 0 Å². The fourth-order valence-corrected chi connectivity index (χ4v) is 1.73. The lowest BCUT2D eigenvalue weighted by Gasteiger charge is -2.05. The predicted octanol–water partition coefficient (Wildman–Crippen LogP) is 3.19. The van der Waals surface area contributed by atoms with Gasteiger partial charge in [0.2, 0.25) is 0 Å². The van der Waals surface area contributed by atoms with E-state index < -0.39 is 0 Å². The third kappa shape index (κ3) is 2.24. The molecule has 0 spiro atoms. The number of rotatable bonds is 1. The van der Waals surface area contributed by atoms with Gasteiger partial charge in [0.15, 0.2) is 0 Å². The Morgan fingerprint density at radius 1 is 1.07 bits per heavy atom. The zero-order valence-corrected chi connectivity index (χ0v) is 8.62. The van der Waals surface area contributed by atoms with Gasteiger partial charge in [0, 0.05) is 0 Å². The maximum absolute atomic E-state index is 5.42. The van der Waals surface area contributed by atoms with Gasteiger partial charge in [-0.25, -0.2) is 0 Å². The molecule has 74 valence electrons. The molecule has 0 saturated heterocycles. The summed E-state index contributed by atoms with van der Waals surface area (Å²) in [6.45, 7) is 3.85. The van der Waals surface area contributed by atoms with Crippen molar-refractivity contribution in [2.75, 3.05) is 13.2 Å². The third-order valence-electron chi connectivity index (χ3n) is 2.59. The molecule has 0 N–H and O–H groups in total. The van der Waals surface area contributed by atoms with Gasteiger partial charge in [0.05, 0.1) is 13.2 Å². The van der Waals surface area contributed by atoms with Gasteiger partial charge in [-0.2, -0.15) is 0 Å². The Kier molecular flexibility index (Phi) is 3.00. The van der Waals surface area contributed by atoms with Crippen molar-refractivity contribution >= 4 is 5.57 Å². The molecule has 2 rings (SSSR count). The van der Waals surface area contributed by atoms with Gasteiger partial charge in [0.25, 0.3) is 0 Å². The fraction of sp³-hybridized carbons (Fsp3) is 0.385. The molecule has 1 heterocycles. The van der Waals surface area contributed by atoms with Crippen LogP contribution in [0.4, 0.5) is 0 Å². The molecule has 0 aliphatic carbocycles. The van der Waals surface area contributed by atoms with Gasteiger partial charge in [0.1, 0.15) is 0 Å². The second-order valence-electron chi connectivity index (χ2n) is 3.75. The van der Waals surface area contributed by atoms with Crippen LogP contribution in [0.25, 0.3) is 5.57 Å². The number of ether oxygens (including phenoxy) is 1. The Balaban J connectivity index is 2.20. The highest BCUT2D eigenvalue weighted by molar-refractivity contribution is 5.65. The van der Waals surface area contributed by atoms with Crippen LogP contribution in [0.5, 0.6) is 0 Å². The number of hydrogen-bond acceptors (Lipinski definition) is 1. The molecule has 0 radical (unpaired) electrons. The normalized spacial score (nSPS) is 17.4. The van der Waals surface area contributed by atoms with Crippen LogP contribution in [0, 0.1) is 6.92 Å². The smallest absolute Gasteiger partial charge is 0.0506 e. The minimum atomic E-state index is 0.861. The molecule has 0 saturated carbocycles. The van der Waals surface area contributed by atoms with Crippen LogP contribution >= 0.6 is 0 Å². The monoisotopic (exact) mass is 188 g/mol. The SMILES string of the molecule is Cc1ccc(C2=CCCOCC2)cc1. The van der Waals surface area contributed by atoms with Crippen molar-refractivity contribution in [3.05, 3.63) is 41.5 Å². The highest BCUT2D eigenvalue weighted by atomic mass is 16.5. The zero-order valence-electron chi connectivity index (χ0n) is 8.62. The van der Waals surface area contributed by atoms with Crippen molar-refractivity contribution in [2.45, 2.75) is 19.8 Å². The summed E-state index contributed by atoms with van der Waals surface area (Å²) in [6.07, 6.45) is 4.39. The Bertz CT molecular complexity index is 322. The second kappa shape index (κ2) is 4.43. The van der Waals surface area contributed by atoms with E-state index in [0.717, 1.165) is 26.1 Å². The first-order valence-corrected chi connectivity index (χ1v) is 5.20. The summed E-state index contributed by atoms with van der Waals surface area (Å²) in [4.78, 5) is 0. The standard InChI is InChI=1S/C13H16O/c1-11-4-6-13(7-5-11)12-3-2-9-14-10-8-12/h3-7H,2,8-10H2,1H3. The first-order chi connectivity index (χ1) is 6.86. The van der Waals surface area contributed by atoms with Crippen LogP contribution in [0.1, 0.15) is 24.0 Å². The van der Waals surface area contributed by atoms with Gasteiger partial charge in [-0.15, -0.1) is 0 Å². The molecule has 0 bridgehead atoms. The Hall–Kier alpha value is -1.08. The van der Waals surface area contributed by atoms with E-state index in [1.165, 1.54) is 16.7 Å². The summed E-state index contributed by atoms with van der Waals surface area (Å²) in [6, 6.07) is 8.74. The topological polar surface area (TPSA) is 9.23 Å². The highest BCUT2D eigenvalue weighted by Gasteiger charge is 2.04. The summed E-state index contributed by atoms with van der Waals surface area (Å²) in [5.74, 6) is 0. The van der Waals surface area contributed by atoms with E-state index in [-0.39, 0.29) is 0 Å². The summed E-state index contributed by atoms with van der Waals surface area (Å²) in [5.41, 5.74) is 4.10. The molecule has 0 fully saturated rings. The van der Waals surface area contributed by atoms with Crippen molar-refractivity contribution in [3.8, 4) is 0 Å². The van der Waals surface area contributed by atoms with Gasteiger partial charge >= 0.3 is 0 Å². The van der Waals surface area contributed by atoms with Crippen LogP contribution < -0.4 is 0 Å². The molecular weight excluding hydrogens is 172 g/mol. The summed E-state index contributed by atoms with van der Waals surface area (Å²) >= 11 is 0. The van der Waals surface area contributed by atoms with Crippen molar-refractivity contribution in [3.63, 3.8) is 0 Å². The predicted molar refractivity (Wildman–Crippen MR) is 59.2 cm³/mol. The van der Waals surface area contributed by atoms with Crippen LogP contribution in [-0.2, 0) is 4.74 Å². The molecule has 1 aliphatic rings. The first kappa shape index (κ1) is 9.47. The van der Waals surface area contributed by atoms with Gasteiger partial charge < -0.3 is 4.74 Å². The molecule has 0 atom stereocenters. The molecule has 1 heteroatoms. The van der Waals surface area contributed by atoms with E-state index in [4.69, 9.17) is 4.74 Å². The van der Waals surface area contributed by atoms with E-state index in [1.54, 1.807) is 0 Å². The van der Waals surface area contributed by atoms with E-state index >= 15 is 0 Å². The van der Waals surface area contributed by atoms with E-state index in [2.05, 4.69) is 37.3 Å². The van der Waals surface area contributed by atoms with Crippen molar-refractivity contribution in [1.82, 2.24) is 0 Å². The number of aryl methyl sites for hydroxylation is 1. The average molecular weight is 188 g/mol. The first-order valence-electron chi connectivity index (χ1n) is 5.20. The number of benzene rings is 1. The van der Waals surface area contributed by atoms with Crippen LogP contribution in [0.2, 0.25) is 0 Å². The summed E-state index contributed by atoms with van der Waals surface area (Å²) < 4.78 is 5.42. The minimum absolute atomic E-state index is 0.861. The molecule has 1 aromatic rings. The average Bonchev–Trinajstić information content (AvgIpc) is 2.47. The van der Waals surface area contributed by atoms with Crippen molar-refractivity contribution < 1.29 is 4.74 Å². The van der Waals surface area contributed by atoms with Crippen LogP contribution in [0.15, 0.2) is 30.3 Å². The maximum Gasteiger partial charge on any atom is 0.0506 e. The number of hydrogen-bond donors (Lipinski definition) is 0. The van der Waals surface area contributed by atoms with Gasteiger partial charge in [-0.3, -0.25) is 0 Å². The molecule has 0 aromatic heterocycles. The second-order valence-corrected chi connectivity index (χ2v) is 3.75. The maximum atomic E-state index is 5.42. The third-order valence-corrected chi connectivity index (χ3v) is 2.59. The lowest BCUT2D eigenvalue weighted by Crippen LogP contribution is -1.92. The Morgan fingerprint density at radius 3 is 2.64 bits per heavy atom. The van der Waals surface area contributed by atoms with Gasteiger partial charge in [-0.1, -0.05) is 35.9 Å². The lowest BCUT2D eigenvalue weighted by atomic mass is 10.0. The summed E-state index contributed by atoms with van der Waals surface area (Å²) in [5, 5.41) is 0. The van der Waals surface area contributed by atoms with Crippen LogP contribution in [0.3, 0.4) is 0 Å². The largest absolute Gasteiger partial charge is 0.381 e. The van der Waals surface area contributed by atoms with Gasteiger partial charge in [-0.05, 0) is 30.9 Å². The molecule has 1 nitrogen and oxygen atoms in total. The van der Waals surface area contributed by atoms with E-state index in [9.17, 15) is 0 Å². The molecule has 1 aliphatic heterocycles. The van der Waals surface area contributed by atoms with Crippen molar-refractivity contribution in [2.24, 2.45) is 0 Å². The molecule has 0 amide bonds. The van der Waals surface area contributed by atoms with Crippen LogP contribution in [-0.4, -0.2) is 13.2 Å². The molecule has 0 unspecified atom stereocenters. The molecule has 1 aromatic carbocycles. The molecular formula is C13H16O. The van der Waals surface area contributed by atoms with E-state index in [0.29, 0.717) is 0 Å². The Labute approximate surface area is 85.4 Å². The Morgan fingerprint density at radius 2 is 1.86 bits per heavy atom. The lowest BCUT2D eigenvalue weighted by molar-refractivity contribution is 0.148. The summed E-state index contributed by atoms with van der Waals surface area (Å²) in [7, 11) is 0. The zero-order chi connectivity index (χ0) is 9.80. The fourth-order valence-electron chi connectivity index (χ4n) is 1.73. The van der Waals surface area contributed by atoms with E-state index in [1.807, 2.05) is 0 Å². The minimum Gasteiger partial charge on any atom is -0.381 e. The molecule has 14 heavy (non-hydrogen) atoms.